The Morgan fingerprint density at radius 3 is 2.69 bits per heavy atom. The van der Waals surface area contributed by atoms with Gasteiger partial charge in [-0.2, -0.15) is 0 Å². The number of carbonyl (C=O) groups is 1. The van der Waals surface area contributed by atoms with Crippen LogP contribution in [0.15, 0.2) is 30.3 Å². The number of Topliss-reactive ketones (excluding diaryl/α,β-unsaturated/α-hetero) is 1. The topological polar surface area (TPSA) is 29.1 Å². The fourth-order valence-electron chi connectivity index (χ4n) is 2.34. The minimum absolute atomic E-state index is 0.240. The zero-order valence-electron chi connectivity index (χ0n) is 9.78. The molecule has 1 aliphatic heterocycles. The molecule has 1 N–H and O–H groups in total. The molecular formula is C14H19NO. The van der Waals surface area contributed by atoms with E-state index in [2.05, 4.69) is 24.4 Å². The summed E-state index contributed by atoms with van der Waals surface area (Å²) in [4.78, 5) is 12.0. The molecule has 1 aromatic carbocycles. The highest BCUT2D eigenvalue weighted by Crippen LogP contribution is 2.19. The van der Waals surface area contributed by atoms with Crippen LogP contribution in [0.3, 0.4) is 0 Å². The van der Waals surface area contributed by atoms with Gasteiger partial charge in [0.2, 0.25) is 0 Å². The Labute approximate surface area is 97.1 Å². The third-order valence-corrected chi connectivity index (χ3v) is 3.43. The maximum atomic E-state index is 12.0. The van der Waals surface area contributed by atoms with Gasteiger partial charge in [0, 0.05) is 18.9 Å². The van der Waals surface area contributed by atoms with Gasteiger partial charge in [0.25, 0.3) is 0 Å². The number of benzene rings is 1. The van der Waals surface area contributed by atoms with Crippen molar-refractivity contribution >= 4 is 5.78 Å². The zero-order chi connectivity index (χ0) is 11.4. The molecule has 1 fully saturated rings. The number of hydrogen-bond acceptors (Lipinski definition) is 2. The van der Waals surface area contributed by atoms with Crippen LogP contribution in [0.5, 0.6) is 0 Å². The summed E-state index contributed by atoms with van der Waals surface area (Å²) in [5, 5.41) is 3.28. The number of rotatable bonds is 4. The Balaban J connectivity index is 1.84. The summed E-state index contributed by atoms with van der Waals surface area (Å²) in [6.07, 6.45) is 1.56. The number of hydrogen-bond donors (Lipinski definition) is 1. The van der Waals surface area contributed by atoms with E-state index in [1.807, 2.05) is 18.2 Å². The minimum atomic E-state index is 0.240. The molecule has 2 unspecified atom stereocenters. The van der Waals surface area contributed by atoms with Crippen molar-refractivity contribution in [3.8, 4) is 0 Å². The van der Waals surface area contributed by atoms with Crippen molar-refractivity contribution in [2.24, 2.45) is 11.8 Å². The fraction of sp³-hybridized carbons (Fsp3) is 0.500. The quantitative estimate of drug-likeness (QED) is 0.836. The summed E-state index contributed by atoms with van der Waals surface area (Å²) in [7, 11) is 0. The highest BCUT2D eigenvalue weighted by atomic mass is 16.1. The first-order valence-corrected chi connectivity index (χ1v) is 6.04. The Kier molecular flexibility index (Phi) is 3.73. The molecule has 0 aromatic heterocycles. The standard InChI is InChI=1S/C14H19NO/c1-11-9-15-10-13(11)14(16)8-7-12-5-3-2-4-6-12/h2-6,11,13,15H,7-10H2,1H3. The number of carbonyl (C=O) groups excluding carboxylic acids is 1. The van der Waals surface area contributed by atoms with E-state index < -0.39 is 0 Å². The number of aryl methyl sites for hydroxylation is 1. The van der Waals surface area contributed by atoms with Crippen LogP contribution in [0, 0.1) is 11.8 Å². The van der Waals surface area contributed by atoms with Crippen LogP contribution in [0.25, 0.3) is 0 Å². The minimum Gasteiger partial charge on any atom is -0.316 e. The smallest absolute Gasteiger partial charge is 0.137 e. The molecule has 0 saturated carbocycles. The summed E-state index contributed by atoms with van der Waals surface area (Å²) in [5.74, 6) is 1.16. The normalized spacial score (nSPS) is 24.6. The van der Waals surface area contributed by atoms with Crippen LogP contribution in [-0.4, -0.2) is 18.9 Å². The van der Waals surface area contributed by atoms with Crippen molar-refractivity contribution in [1.29, 1.82) is 0 Å². The molecule has 1 heterocycles. The molecule has 0 spiro atoms. The van der Waals surface area contributed by atoms with Gasteiger partial charge in [-0.05, 0) is 24.4 Å². The number of nitrogens with one attached hydrogen (secondary N) is 1. The van der Waals surface area contributed by atoms with Crippen molar-refractivity contribution in [2.45, 2.75) is 19.8 Å². The molecule has 2 nitrogen and oxygen atoms in total. The third kappa shape index (κ3) is 2.70. The molecule has 0 bridgehead atoms. The molecule has 0 radical (unpaired) electrons. The second-order valence-corrected chi connectivity index (χ2v) is 4.69. The van der Waals surface area contributed by atoms with E-state index in [0.717, 1.165) is 19.5 Å². The maximum Gasteiger partial charge on any atom is 0.137 e. The van der Waals surface area contributed by atoms with E-state index >= 15 is 0 Å². The zero-order valence-corrected chi connectivity index (χ0v) is 9.78. The van der Waals surface area contributed by atoms with Crippen molar-refractivity contribution in [1.82, 2.24) is 5.32 Å². The largest absolute Gasteiger partial charge is 0.316 e. The molecule has 2 heteroatoms. The van der Waals surface area contributed by atoms with E-state index in [-0.39, 0.29) is 5.92 Å². The van der Waals surface area contributed by atoms with E-state index in [1.165, 1.54) is 5.56 Å². The van der Waals surface area contributed by atoms with Gasteiger partial charge in [-0.25, -0.2) is 0 Å². The van der Waals surface area contributed by atoms with Gasteiger partial charge in [0.05, 0.1) is 0 Å². The van der Waals surface area contributed by atoms with Crippen molar-refractivity contribution < 1.29 is 4.79 Å². The highest BCUT2D eigenvalue weighted by Gasteiger charge is 2.28. The van der Waals surface area contributed by atoms with Gasteiger partial charge in [0.1, 0.15) is 5.78 Å². The molecule has 2 rings (SSSR count). The van der Waals surface area contributed by atoms with Crippen LogP contribution >= 0.6 is 0 Å². The van der Waals surface area contributed by atoms with Gasteiger partial charge < -0.3 is 5.32 Å². The average Bonchev–Trinajstić information content (AvgIpc) is 2.74. The Hall–Kier alpha value is -1.15. The second kappa shape index (κ2) is 5.26. The lowest BCUT2D eigenvalue weighted by molar-refractivity contribution is -0.123. The predicted octanol–water partition coefficient (Wildman–Crippen LogP) is 2.04. The summed E-state index contributed by atoms with van der Waals surface area (Å²) in [6, 6.07) is 10.2. The van der Waals surface area contributed by atoms with Crippen molar-refractivity contribution in [3.05, 3.63) is 35.9 Å². The Morgan fingerprint density at radius 1 is 1.31 bits per heavy atom. The van der Waals surface area contributed by atoms with Crippen LogP contribution in [0.2, 0.25) is 0 Å². The van der Waals surface area contributed by atoms with E-state index in [4.69, 9.17) is 0 Å². The van der Waals surface area contributed by atoms with E-state index in [1.54, 1.807) is 0 Å². The van der Waals surface area contributed by atoms with E-state index in [9.17, 15) is 4.79 Å². The first kappa shape index (κ1) is 11.3. The van der Waals surface area contributed by atoms with Crippen LogP contribution in [0.4, 0.5) is 0 Å². The maximum absolute atomic E-state index is 12.0. The molecule has 86 valence electrons. The Morgan fingerprint density at radius 2 is 2.06 bits per heavy atom. The summed E-state index contributed by atoms with van der Waals surface area (Å²) in [5.41, 5.74) is 1.26. The lowest BCUT2D eigenvalue weighted by atomic mass is 9.90. The lowest BCUT2D eigenvalue weighted by Crippen LogP contribution is -2.21. The summed E-state index contributed by atoms with van der Waals surface area (Å²) < 4.78 is 0. The van der Waals surface area contributed by atoms with E-state index in [0.29, 0.717) is 18.1 Å². The molecule has 1 aliphatic rings. The molecular weight excluding hydrogens is 198 g/mol. The first-order valence-electron chi connectivity index (χ1n) is 6.04. The van der Waals surface area contributed by atoms with Crippen LogP contribution in [0.1, 0.15) is 18.9 Å². The van der Waals surface area contributed by atoms with Crippen molar-refractivity contribution in [2.75, 3.05) is 13.1 Å². The number of ketones is 1. The molecule has 1 saturated heterocycles. The molecule has 0 aliphatic carbocycles. The summed E-state index contributed by atoms with van der Waals surface area (Å²) in [6.45, 7) is 4.02. The monoisotopic (exact) mass is 217 g/mol. The molecule has 1 aromatic rings. The van der Waals surface area contributed by atoms with Gasteiger partial charge in [-0.15, -0.1) is 0 Å². The predicted molar refractivity (Wildman–Crippen MR) is 65.3 cm³/mol. The first-order chi connectivity index (χ1) is 7.77. The van der Waals surface area contributed by atoms with Crippen LogP contribution < -0.4 is 5.32 Å². The Bertz CT molecular complexity index is 347. The van der Waals surface area contributed by atoms with Gasteiger partial charge in [-0.1, -0.05) is 37.3 Å². The average molecular weight is 217 g/mol. The SMILES string of the molecule is CC1CNCC1C(=O)CCc1ccccc1. The molecule has 16 heavy (non-hydrogen) atoms. The molecule has 0 amide bonds. The fourth-order valence-corrected chi connectivity index (χ4v) is 2.34. The molecule has 2 atom stereocenters. The summed E-state index contributed by atoms with van der Waals surface area (Å²) >= 11 is 0. The second-order valence-electron chi connectivity index (χ2n) is 4.69. The van der Waals surface area contributed by atoms with Gasteiger partial charge in [-0.3, -0.25) is 4.79 Å². The van der Waals surface area contributed by atoms with Crippen LogP contribution in [-0.2, 0) is 11.2 Å². The third-order valence-electron chi connectivity index (χ3n) is 3.43. The van der Waals surface area contributed by atoms with Crippen molar-refractivity contribution in [3.63, 3.8) is 0 Å². The van der Waals surface area contributed by atoms with Gasteiger partial charge in [0.15, 0.2) is 0 Å². The van der Waals surface area contributed by atoms with Gasteiger partial charge >= 0.3 is 0 Å². The highest BCUT2D eigenvalue weighted by molar-refractivity contribution is 5.82. The lowest BCUT2D eigenvalue weighted by Gasteiger charge is -2.12.